The maximum Gasteiger partial charge on any atom is 0.231 e. The zero-order valence-electron chi connectivity index (χ0n) is 16.5. The fourth-order valence-electron chi connectivity index (χ4n) is 3.98. The van der Waals surface area contributed by atoms with E-state index in [1.807, 2.05) is 44.3 Å². The van der Waals surface area contributed by atoms with E-state index in [9.17, 15) is 4.79 Å². The Morgan fingerprint density at radius 2 is 2.04 bits per heavy atom. The third-order valence-corrected chi connectivity index (χ3v) is 5.41. The molecule has 4 rings (SSSR count). The lowest BCUT2D eigenvalue weighted by atomic mass is 9.87. The fraction of sp³-hybridized carbons (Fsp3) is 0.409. The van der Waals surface area contributed by atoms with Crippen molar-refractivity contribution in [2.24, 2.45) is 0 Å². The maximum atomic E-state index is 13.0. The van der Waals surface area contributed by atoms with Gasteiger partial charge in [0.1, 0.15) is 5.75 Å². The third kappa shape index (κ3) is 3.29. The normalized spacial score (nSPS) is 17.9. The molecular formula is C22H25NO5. The molecule has 0 spiro atoms. The molecule has 0 saturated heterocycles. The molecule has 28 heavy (non-hydrogen) atoms. The second-order valence-corrected chi connectivity index (χ2v) is 7.05. The molecule has 2 aromatic carbocycles. The predicted octanol–water partition coefficient (Wildman–Crippen LogP) is 3.62. The number of benzene rings is 2. The van der Waals surface area contributed by atoms with Crippen molar-refractivity contribution in [3.8, 4) is 23.0 Å². The van der Waals surface area contributed by atoms with E-state index in [-0.39, 0.29) is 18.6 Å². The molecule has 148 valence electrons. The molecule has 0 saturated carbocycles. The molecule has 2 aromatic rings. The van der Waals surface area contributed by atoms with Gasteiger partial charge in [-0.1, -0.05) is 0 Å². The number of hydrogen-bond acceptors (Lipinski definition) is 6. The van der Waals surface area contributed by atoms with E-state index < -0.39 is 0 Å². The van der Waals surface area contributed by atoms with Gasteiger partial charge in [0, 0.05) is 30.1 Å². The Kier molecular flexibility index (Phi) is 5.13. The summed E-state index contributed by atoms with van der Waals surface area (Å²) in [5.41, 5.74) is 2.87. The van der Waals surface area contributed by atoms with E-state index in [1.165, 1.54) is 0 Å². The zero-order chi connectivity index (χ0) is 19.7. The van der Waals surface area contributed by atoms with E-state index >= 15 is 0 Å². The van der Waals surface area contributed by atoms with Crippen LogP contribution in [0.25, 0.3) is 0 Å². The average molecular weight is 383 g/mol. The molecule has 0 bridgehead atoms. The Morgan fingerprint density at radius 1 is 1.25 bits per heavy atom. The molecule has 6 nitrogen and oxygen atoms in total. The van der Waals surface area contributed by atoms with Crippen LogP contribution in [0.2, 0.25) is 0 Å². The van der Waals surface area contributed by atoms with Crippen molar-refractivity contribution >= 4 is 5.78 Å². The van der Waals surface area contributed by atoms with Crippen LogP contribution in [-0.2, 0) is 6.42 Å². The van der Waals surface area contributed by atoms with Gasteiger partial charge in [-0.05, 0) is 56.3 Å². The molecule has 1 atom stereocenters. The highest BCUT2D eigenvalue weighted by Crippen LogP contribution is 2.50. The minimum absolute atomic E-state index is 0.0766. The second-order valence-electron chi connectivity index (χ2n) is 7.05. The van der Waals surface area contributed by atoms with Crippen molar-refractivity contribution in [1.29, 1.82) is 0 Å². The lowest BCUT2D eigenvalue weighted by molar-refractivity contribution is 0.0925. The highest BCUT2D eigenvalue weighted by molar-refractivity contribution is 5.96. The van der Waals surface area contributed by atoms with Crippen LogP contribution in [0.3, 0.4) is 0 Å². The van der Waals surface area contributed by atoms with Crippen LogP contribution in [0.1, 0.15) is 40.9 Å². The lowest BCUT2D eigenvalue weighted by Crippen LogP contribution is -2.34. The topological polar surface area (TPSA) is 57.2 Å². The molecule has 0 aliphatic carbocycles. The third-order valence-electron chi connectivity index (χ3n) is 5.41. The summed E-state index contributed by atoms with van der Waals surface area (Å²) in [7, 11) is 3.68. The largest absolute Gasteiger partial charge is 0.494 e. The smallest absolute Gasteiger partial charge is 0.231 e. The number of likely N-dealkylation sites (N-methyl/N-ethyl adjacent to an activating group) is 1. The van der Waals surface area contributed by atoms with Crippen LogP contribution in [-0.4, -0.2) is 44.8 Å². The first-order chi connectivity index (χ1) is 13.6. The Hall–Kier alpha value is -2.73. The first kappa shape index (κ1) is 18.6. The van der Waals surface area contributed by atoms with Gasteiger partial charge in [-0.15, -0.1) is 0 Å². The van der Waals surface area contributed by atoms with Crippen molar-refractivity contribution in [3.05, 3.63) is 47.0 Å². The number of ketones is 1. The zero-order valence-corrected chi connectivity index (χ0v) is 16.5. The van der Waals surface area contributed by atoms with Crippen LogP contribution >= 0.6 is 0 Å². The summed E-state index contributed by atoms with van der Waals surface area (Å²) >= 11 is 0. The van der Waals surface area contributed by atoms with Crippen LogP contribution in [0, 0.1) is 0 Å². The van der Waals surface area contributed by atoms with E-state index in [0.717, 1.165) is 35.6 Å². The van der Waals surface area contributed by atoms with Gasteiger partial charge < -0.3 is 18.9 Å². The van der Waals surface area contributed by atoms with E-state index in [4.69, 9.17) is 18.9 Å². The summed E-state index contributed by atoms with van der Waals surface area (Å²) in [5.74, 6) is 2.90. The minimum Gasteiger partial charge on any atom is -0.494 e. The number of carbonyl (C=O) groups excluding carboxylic acids is 1. The van der Waals surface area contributed by atoms with Crippen molar-refractivity contribution in [1.82, 2.24) is 4.90 Å². The van der Waals surface area contributed by atoms with Gasteiger partial charge in [-0.3, -0.25) is 9.69 Å². The molecule has 0 N–H and O–H groups in total. The first-order valence-corrected chi connectivity index (χ1v) is 9.58. The molecule has 0 fully saturated rings. The predicted molar refractivity (Wildman–Crippen MR) is 105 cm³/mol. The summed E-state index contributed by atoms with van der Waals surface area (Å²) in [6.45, 7) is 3.61. The number of rotatable bonds is 6. The number of methoxy groups -OCH3 is 1. The summed E-state index contributed by atoms with van der Waals surface area (Å²) < 4.78 is 22.4. The molecule has 2 aliphatic heterocycles. The Balaban J connectivity index is 1.64. The molecule has 2 aliphatic rings. The van der Waals surface area contributed by atoms with Gasteiger partial charge in [0.15, 0.2) is 17.3 Å². The van der Waals surface area contributed by atoms with Crippen molar-refractivity contribution < 1.29 is 23.7 Å². The first-order valence-electron chi connectivity index (χ1n) is 9.58. The Labute approximate surface area is 165 Å². The Bertz CT molecular complexity index is 877. The van der Waals surface area contributed by atoms with Crippen LogP contribution < -0.4 is 18.9 Å². The van der Waals surface area contributed by atoms with Crippen molar-refractivity contribution in [2.75, 3.05) is 34.1 Å². The number of carbonyl (C=O) groups is 1. The van der Waals surface area contributed by atoms with Crippen LogP contribution in [0.5, 0.6) is 23.0 Å². The van der Waals surface area contributed by atoms with Gasteiger partial charge >= 0.3 is 0 Å². The second kappa shape index (κ2) is 7.72. The van der Waals surface area contributed by atoms with E-state index in [1.54, 1.807) is 7.11 Å². The van der Waals surface area contributed by atoms with Gasteiger partial charge in [0.05, 0.1) is 13.7 Å². The molecular weight excluding hydrogens is 358 g/mol. The Morgan fingerprint density at radius 3 is 2.75 bits per heavy atom. The lowest BCUT2D eigenvalue weighted by Gasteiger charge is -2.35. The van der Waals surface area contributed by atoms with E-state index in [0.29, 0.717) is 30.1 Å². The minimum atomic E-state index is -0.0766. The summed E-state index contributed by atoms with van der Waals surface area (Å²) in [6, 6.07) is 9.29. The van der Waals surface area contributed by atoms with Gasteiger partial charge in [-0.25, -0.2) is 0 Å². The number of nitrogens with zero attached hydrogens (tertiary/aromatic N) is 1. The number of ether oxygens (including phenoxy) is 4. The number of Topliss-reactive ketones (excluding diaryl/α,β-unsaturated/α-hetero) is 1. The highest BCUT2D eigenvalue weighted by Gasteiger charge is 2.35. The number of fused-ring (bicyclic) bond motifs is 2. The quantitative estimate of drug-likeness (QED) is 0.710. The maximum absolute atomic E-state index is 13.0. The number of hydrogen-bond donors (Lipinski definition) is 0. The van der Waals surface area contributed by atoms with Crippen molar-refractivity contribution in [3.63, 3.8) is 0 Å². The summed E-state index contributed by atoms with van der Waals surface area (Å²) in [5, 5.41) is 0. The fourth-order valence-corrected chi connectivity index (χ4v) is 3.98. The molecule has 0 unspecified atom stereocenters. The van der Waals surface area contributed by atoms with E-state index in [2.05, 4.69) is 4.90 Å². The standard InChI is InChI=1S/C22H25NO5/c1-4-26-16-7-5-14(6-8-16)18(24)12-17-20-15(9-10-23(17)2)11-19-21(22(20)25-3)28-13-27-19/h5-8,11,17H,4,9-10,12-13H2,1-3H3/t17-/m0/s1. The molecule has 2 heterocycles. The summed E-state index contributed by atoms with van der Waals surface area (Å²) in [4.78, 5) is 15.2. The summed E-state index contributed by atoms with van der Waals surface area (Å²) in [6.07, 6.45) is 1.25. The van der Waals surface area contributed by atoms with Gasteiger partial charge in [0.2, 0.25) is 12.5 Å². The van der Waals surface area contributed by atoms with Gasteiger partial charge in [0.25, 0.3) is 0 Å². The molecule has 0 radical (unpaired) electrons. The van der Waals surface area contributed by atoms with Crippen molar-refractivity contribution in [2.45, 2.75) is 25.8 Å². The SMILES string of the molecule is CCOc1ccc(C(=O)C[C@H]2c3c(cc4c(c3OC)OCO4)CCN2C)cc1. The monoisotopic (exact) mass is 383 g/mol. The molecule has 0 amide bonds. The highest BCUT2D eigenvalue weighted by atomic mass is 16.7. The molecule has 6 heteroatoms. The van der Waals surface area contributed by atoms with Crippen LogP contribution in [0.15, 0.2) is 30.3 Å². The van der Waals surface area contributed by atoms with Crippen LogP contribution in [0.4, 0.5) is 0 Å². The molecule has 0 aromatic heterocycles. The average Bonchev–Trinajstić information content (AvgIpc) is 3.17. The van der Waals surface area contributed by atoms with Gasteiger partial charge in [-0.2, -0.15) is 0 Å².